The third kappa shape index (κ3) is 3.47. The molecule has 0 saturated carbocycles. The van der Waals surface area contributed by atoms with Crippen LogP contribution in [0.25, 0.3) is 0 Å². The summed E-state index contributed by atoms with van der Waals surface area (Å²) in [6.45, 7) is 2.28. The van der Waals surface area contributed by atoms with Gasteiger partial charge in [-0.25, -0.2) is 4.79 Å². The fraction of sp³-hybridized carbons (Fsp3) is 0.500. The van der Waals surface area contributed by atoms with Crippen molar-refractivity contribution in [3.05, 3.63) is 35.9 Å². The quantitative estimate of drug-likeness (QED) is 0.851. The van der Waals surface area contributed by atoms with Crippen molar-refractivity contribution in [3.8, 4) is 0 Å². The second-order valence-electron chi connectivity index (χ2n) is 4.69. The SMILES string of the molecule is CNC1CCN(C(=O)NCc2ccccc2)CC1. The first kappa shape index (κ1) is 12.9. The minimum Gasteiger partial charge on any atom is -0.334 e. The van der Waals surface area contributed by atoms with Crippen LogP contribution in [0.2, 0.25) is 0 Å². The van der Waals surface area contributed by atoms with E-state index in [1.165, 1.54) is 0 Å². The highest BCUT2D eigenvalue weighted by molar-refractivity contribution is 5.74. The standard InChI is InChI=1S/C14H21N3O/c1-15-13-7-9-17(10-8-13)14(18)16-11-12-5-3-2-4-6-12/h2-6,13,15H,7-11H2,1H3,(H,16,18). The van der Waals surface area contributed by atoms with E-state index in [1.807, 2.05) is 42.3 Å². The number of benzene rings is 1. The number of hydrogen-bond donors (Lipinski definition) is 2. The lowest BCUT2D eigenvalue weighted by atomic mass is 10.1. The van der Waals surface area contributed by atoms with Crippen molar-refractivity contribution in [1.82, 2.24) is 15.5 Å². The van der Waals surface area contributed by atoms with E-state index in [1.54, 1.807) is 0 Å². The molecule has 1 heterocycles. The molecule has 1 aliphatic heterocycles. The number of likely N-dealkylation sites (tertiary alicyclic amines) is 1. The van der Waals surface area contributed by atoms with Gasteiger partial charge in [-0.3, -0.25) is 0 Å². The Morgan fingerprint density at radius 3 is 2.56 bits per heavy atom. The molecule has 0 atom stereocenters. The van der Waals surface area contributed by atoms with E-state index in [0.717, 1.165) is 31.5 Å². The molecule has 4 nitrogen and oxygen atoms in total. The van der Waals surface area contributed by atoms with Crippen LogP contribution in [0.15, 0.2) is 30.3 Å². The monoisotopic (exact) mass is 247 g/mol. The van der Waals surface area contributed by atoms with Crippen LogP contribution in [-0.2, 0) is 6.54 Å². The Hall–Kier alpha value is -1.55. The molecule has 1 aromatic carbocycles. The van der Waals surface area contributed by atoms with Crippen LogP contribution >= 0.6 is 0 Å². The van der Waals surface area contributed by atoms with E-state index in [9.17, 15) is 4.79 Å². The first-order valence-corrected chi connectivity index (χ1v) is 6.53. The molecule has 0 spiro atoms. The van der Waals surface area contributed by atoms with Gasteiger partial charge in [-0.05, 0) is 25.5 Å². The highest BCUT2D eigenvalue weighted by atomic mass is 16.2. The molecular weight excluding hydrogens is 226 g/mol. The zero-order chi connectivity index (χ0) is 12.8. The van der Waals surface area contributed by atoms with Gasteiger partial charge < -0.3 is 15.5 Å². The maximum absolute atomic E-state index is 12.0. The van der Waals surface area contributed by atoms with E-state index < -0.39 is 0 Å². The van der Waals surface area contributed by atoms with Crippen molar-refractivity contribution in [3.63, 3.8) is 0 Å². The van der Waals surface area contributed by atoms with E-state index in [-0.39, 0.29) is 6.03 Å². The van der Waals surface area contributed by atoms with Gasteiger partial charge in [0.25, 0.3) is 0 Å². The Morgan fingerprint density at radius 2 is 1.94 bits per heavy atom. The topological polar surface area (TPSA) is 44.4 Å². The number of nitrogens with zero attached hydrogens (tertiary/aromatic N) is 1. The number of carbonyl (C=O) groups excluding carboxylic acids is 1. The Bertz CT molecular complexity index is 372. The van der Waals surface area contributed by atoms with Gasteiger partial charge in [-0.2, -0.15) is 0 Å². The van der Waals surface area contributed by atoms with Crippen molar-refractivity contribution < 1.29 is 4.79 Å². The lowest BCUT2D eigenvalue weighted by Gasteiger charge is -2.31. The zero-order valence-electron chi connectivity index (χ0n) is 10.9. The molecule has 2 rings (SSSR count). The third-order valence-corrected chi connectivity index (χ3v) is 3.48. The molecule has 98 valence electrons. The van der Waals surface area contributed by atoms with Crippen LogP contribution in [0.5, 0.6) is 0 Å². The molecule has 1 fully saturated rings. The van der Waals surface area contributed by atoms with Gasteiger partial charge in [0.2, 0.25) is 0 Å². The lowest BCUT2D eigenvalue weighted by Crippen LogP contribution is -2.47. The van der Waals surface area contributed by atoms with Gasteiger partial charge >= 0.3 is 6.03 Å². The summed E-state index contributed by atoms with van der Waals surface area (Å²) >= 11 is 0. The van der Waals surface area contributed by atoms with Gasteiger partial charge in [0.1, 0.15) is 0 Å². The van der Waals surface area contributed by atoms with Crippen molar-refractivity contribution in [1.29, 1.82) is 0 Å². The van der Waals surface area contributed by atoms with Crippen LogP contribution < -0.4 is 10.6 Å². The van der Waals surface area contributed by atoms with E-state index >= 15 is 0 Å². The summed E-state index contributed by atoms with van der Waals surface area (Å²) in [6, 6.07) is 10.6. The van der Waals surface area contributed by atoms with Crippen molar-refractivity contribution in [2.75, 3.05) is 20.1 Å². The van der Waals surface area contributed by atoms with Gasteiger partial charge in [-0.15, -0.1) is 0 Å². The Balaban J connectivity index is 1.75. The molecule has 18 heavy (non-hydrogen) atoms. The molecule has 2 N–H and O–H groups in total. The summed E-state index contributed by atoms with van der Waals surface area (Å²) in [5, 5.41) is 6.23. The van der Waals surface area contributed by atoms with Crippen molar-refractivity contribution >= 4 is 6.03 Å². The lowest BCUT2D eigenvalue weighted by molar-refractivity contribution is 0.177. The number of carbonyl (C=O) groups is 1. The van der Waals surface area contributed by atoms with Crippen LogP contribution in [-0.4, -0.2) is 37.1 Å². The zero-order valence-corrected chi connectivity index (χ0v) is 10.9. The van der Waals surface area contributed by atoms with E-state index in [4.69, 9.17) is 0 Å². The molecule has 0 bridgehead atoms. The molecular formula is C14H21N3O. The molecule has 1 saturated heterocycles. The average Bonchev–Trinajstić information content (AvgIpc) is 2.46. The number of urea groups is 1. The van der Waals surface area contributed by atoms with Crippen LogP contribution in [0.1, 0.15) is 18.4 Å². The normalized spacial score (nSPS) is 16.6. The van der Waals surface area contributed by atoms with Gasteiger partial charge in [0.15, 0.2) is 0 Å². The largest absolute Gasteiger partial charge is 0.334 e. The summed E-state index contributed by atoms with van der Waals surface area (Å²) in [5.74, 6) is 0. The predicted octanol–water partition coefficient (Wildman–Crippen LogP) is 1.58. The molecule has 1 aliphatic rings. The Labute approximate surface area is 108 Å². The molecule has 0 radical (unpaired) electrons. The van der Waals surface area contributed by atoms with Gasteiger partial charge in [-0.1, -0.05) is 30.3 Å². The number of hydrogen-bond acceptors (Lipinski definition) is 2. The minimum atomic E-state index is 0.0495. The number of amides is 2. The average molecular weight is 247 g/mol. The first-order chi connectivity index (χ1) is 8.79. The number of nitrogens with one attached hydrogen (secondary N) is 2. The van der Waals surface area contributed by atoms with Crippen molar-refractivity contribution in [2.45, 2.75) is 25.4 Å². The molecule has 1 aromatic rings. The van der Waals surface area contributed by atoms with E-state index in [0.29, 0.717) is 12.6 Å². The highest BCUT2D eigenvalue weighted by Crippen LogP contribution is 2.10. The number of piperidine rings is 1. The molecule has 0 aromatic heterocycles. The summed E-state index contributed by atoms with van der Waals surface area (Å²) < 4.78 is 0. The highest BCUT2D eigenvalue weighted by Gasteiger charge is 2.21. The molecule has 0 aliphatic carbocycles. The molecule has 4 heteroatoms. The van der Waals surface area contributed by atoms with Gasteiger partial charge in [0.05, 0.1) is 0 Å². The summed E-state index contributed by atoms with van der Waals surface area (Å²) in [6.07, 6.45) is 2.07. The Kier molecular flexibility index (Phi) is 4.59. The summed E-state index contributed by atoms with van der Waals surface area (Å²) in [5.41, 5.74) is 1.14. The number of rotatable bonds is 3. The first-order valence-electron chi connectivity index (χ1n) is 6.53. The third-order valence-electron chi connectivity index (χ3n) is 3.48. The van der Waals surface area contributed by atoms with E-state index in [2.05, 4.69) is 10.6 Å². The predicted molar refractivity (Wildman–Crippen MR) is 72.3 cm³/mol. The molecule has 0 unspecified atom stereocenters. The smallest absolute Gasteiger partial charge is 0.317 e. The summed E-state index contributed by atoms with van der Waals surface area (Å²) in [7, 11) is 1.98. The van der Waals surface area contributed by atoms with Crippen LogP contribution in [0.4, 0.5) is 4.79 Å². The second kappa shape index (κ2) is 6.40. The van der Waals surface area contributed by atoms with Gasteiger partial charge in [0, 0.05) is 25.7 Å². The summed E-state index contributed by atoms with van der Waals surface area (Å²) in [4.78, 5) is 13.9. The fourth-order valence-electron chi connectivity index (χ4n) is 2.26. The maximum atomic E-state index is 12.0. The second-order valence-corrected chi connectivity index (χ2v) is 4.69. The van der Waals surface area contributed by atoms with Crippen LogP contribution in [0.3, 0.4) is 0 Å². The minimum absolute atomic E-state index is 0.0495. The van der Waals surface area contributed by atoms with Crippen molar-refractivity contribution in [2.24, 2.45) is 0 Å². The van der Waals surface area contributed by atoms with Crippen LogP contribution in [0, 0.1) is 0 Å². The maximum Gasteiger partial charge on any atom is 0.317 e. The fourth-order valence-corrected chi connectivity index (χ4v) is 2.26. The molecule has 2 amide bonds. The Morgan fingerprint density at radius 1 is 1.28 bits per heavy atom.